The molecule has 18 heavy (non-hydrogen) atoms. The number of fused-ring (bicyclic) bond motifs is 2. The maximum absolute atomic E-state index is 11.4. The monoisotopic (exact) mass is 243 g/mol. The van der Waals surface area contributed by atoms with Crippen LogP contribution < -0.4 is 0 Å². The molecule has 0 aliphatic heterocycles. The number of aryl methyl sites for hydroxylation is 2. The van der Waals surface area contributed by atoms with Crippen LogP contribution in [-0.4, -0.2) is 4.92 Å². The molecule has 1 aromatic carbocycles. The fraction of sp³-hybridized carbons (Fsp3) is 0.467. The summed E-state index contributed by atoms with van der Waals surface area (Å²) in [6, 6.07) is 2.23. The molecule has 3 heteroatoms. The largest absolute Gasteiger partial charge is 0.276 e. The topological polar surface area (TPSA) is 43.1 Å². The zero-order valence-corrected chi connectivity index (χ0v) is 10.4. The maximum atomic E-state index is 11.4. The van der Waals surface area contributed by atoms with E-state index in [1.165, 1.54) is 11.1 Å². The molecule has 0 heterocycles. The molecule has 0 spiro atoms. The van der Waals surface area contributed by atoms with Crippen LogP contribution in [0.25, 0.3) is 0 Å². The molecule has 0 saturated carbocycles. The summed E-state index contributed by atoms with van der Waals surface area (Å²) in [4.78, 5) is 11.3. The number of nitro benzene ring substituents is 1. The van der Waals surface area contributed by atoms with Crippen LogP contribution in [0, 0.1) is 10.1 Å². The van der Waals surface area contributed by atoms with Gasteiger partial charge in [0.2, 0.25) is 0 Å². The highest BCUT2D eigenvalue weighted by atomic mass is 16.6. The quantitative estimate of drug-likeness (QED) is 0.461. The molecular weight excluding hydrogens is 226 g/mol. The van der Waals surface area contributed by atoms with Crippen molar-refractivity contribution in [2.75, 3.05) is 0 Å². The third-order valence-corrected chi connectivity index (χ3v) is 4.30. The summed E-state index contributed by atoms with van der Waals surface area (Å²) in [5.74, 6) is 0.309. The van der Waals surface area contributed by atoms with Gasteiger partial charge in [-0.1, -0.05) is 12.1 Å². The standard InChI is InChI=1S/C15H17NO2/c1-2-4-10-7-8-12-9-11-5-3-6-13(11)15(14(10)12)16(17)18/h2,9-10H,1,3-8H2. The molecular formula is C15H17NO2. The highest BCUT2D eigenvalue weighted by Crippen LogP contribution is 2.46. The first-order valence-corrected chi connectivity index (χ1v) is 6.65. The molecule has 0 fully saturated rings. The minimum absolute atomic E-state index is 0.148. The number of allylic oxidation sites excluding steroid dienone is 1. The Morgan fingerprint density at radius 2 is 2.22 bits per heavy atom. The first kappa shape index (κ1) is 11.5. The van der Waals surface area contributed by atoms with Crippen LogP contribution in [0.4, 0.5) is 5.69 Å². The summed E-state index contributed by atoms with van der Waals surface area (Å²) in [6.07, 6.45) is 7.71. The molecule has 2 aliphatic carbocycles. The molecule has 0 radical (unpaired) electrons. The minimum atomic E-state index is -0.148. The summed E-state index contributed by atoms with van der Waals surface area (Å²) < 4.78 is 0. The van der Waals surface area contributed by atoms with E-state index in [9.17, 15) is 10.1 Å². The first-order valence-electron chi connectivity index (χ1n) is 6.65. The van der Waals surface area contributed by atoms with E-state index < -0.39 is 0 Å². The van der Waals surface area contributed by atoms with Crippen LogP contribution in [0.2, 0.25) is 0 Å². The van der Waals surface area contributed by atoms with Crippen molar-refractivity contribution in [1.82, 2.24) is 0 Å². The number of benzene rings is 1. The molecule has 1 aromatic rings. The summed E-state index contributed by atoms with van der Waals surface area (Å²) in [5, 5.41) is 11.4. The Morgan fingerprint density at radius 1 is 1.39 bits per heavy atom. The normalized spacial score (nSPS) is 20.6. The van der Waals surface area contributed by atoms with Gasteiger partial charge in [-0.3, -0.25) is 10.1 Å². The number of rotatable bonds is 3. The van der Waals surface area contributed by atoms with Crippen LogP contribution in [-0.2, 0) is 19.3 Å². The Kier molecular flexibility index (Phi) is 2.69. The Hall–Kier alpha value is -1.64. The van der Waals surface area contributed by atoms with Crippen molar-refractivity contribution in [3.8, 4) is 0 Å². The zero-order chi connectivity index (χ0) is 12.7. The lowest BCUT2D eigenvalue weighted by atomic mass is 9.92. The molecule has 0 amide bonds. The average Bonchev–Trinajstić information content (AvgIpc) is 2.93. The van der Waals surface area contributed by atoms with Crippen LogP contribution in [0.15, 0.2) is 18.7 Å². The van der Waals surface area contributed by atoms with E-state index in [0.717, 1.165) is 49.7 Å². The Balaban J connectivity index is 2.20. The van der Waals surface area contributed by atoms with Crippen molar-refractivity contribution in [2.24, 2.45) is 0 Å². The van der Waals surface area contributed by atoms with Crippen LogP contribution >= 0.6 is 0 Å². The zero-order valence-electron chi connectivity index (χ0n) is 10.4. The van der Waals surface area contributed by atoms with Crippen molar-refractivity contribution >= 4 is 5.69 Å². The summed E-state index contributed by atoms with van der Waals surface area (Å²) in [6.45, 7) is 3.77. The fourth-order valence-electron chi connectivity index (χ4n) is 3.58. The Labute approximate surface area is 107 Å². The maximum Gasteiger partial charge on any atom is 0.276 e. The molecule has 1 atom stereocenters. The third kappa shape index (κ3) is 1.57. The lowest BCUT2D eigenvalue weighted by molar-refractivity contribution is -0.386. The second-order valence-corrected chi connectivity index (χ2v) is 5.31. The molecule has 0 bridgehead atoms. The number of hydrogen-bond donors (Lipinski definition) is 0. The van der Waals surface area contributed by atoms with Gasteiger partial charge in [-0.15, -0.1) is 6.58 Å². The van der Waals surface area contributed by atoms with Gasteiger partial charge in [-0.25, -0.2) is 0 Å². The van der Waals surface area contributed by atoms with E-state index in [1.807, 2.05) is 6.08 Å². The number of nitrogens with zero attached hydrogens (tertiary/aromatic N) is 1. The van der Waals surface area contributed by atoms with Crippen molar-refractivity contribution < 1.29 is 4.92 Å². The van der Waals surface area contributed by atoms with Crippen LogP contribution in [0.5, 0.6) is 0 Å². The molecule has 0 saturated heterocycles. The van der Waals surface area contributed by atoms with Gasteiger partial charge in [0, 0.05) is 11.1 Å². The third-order valence-electron chi connectivity index (χ3n) is 4.30. The minimum Gasteiger partial charge on any atom is -0.258 e. The van der Waals surface area contributed by atoms with Gasteiger partial charge in [0.25, 0.3) is 5.69 Å². The Bertz CT molecular complexity index is 534. The second-order valence-electron chi connectivity index (χ2n) is 5.31. The molecule has 1 unspecified atom stereocenters. The molecule has 3 rings (SSSR count). The Morgan fingerprint density at radius 3 is 2.94 bits per heavy atom. The summed E-state index contributed by atoms with van der Waals surface area (Å²) >= 11 is 0. The number of nitro groups is 1. The van der Waals surface area contributed by atoms with E-state index in [4.69, 9.17) is 0 Å². The lowest BCUT2D eigenvalue weighted by Gasteiger charge is -2.12. The highest BCUT2D eigenvalue weighted by molar-refractivity contribution is 5.60. The van der Waals surface area contributed by atoms with Gasteiger partial charge >= 0.3 is 0 Å². The lowest BCUT2D eigenvalue weighted by Crippen LogP contribution is -2.03. The van der Waals surface area contributed by atoms with E-state index in [0.29, 0.717) is 11.6 Å². The predicted octanol–water partition coefficient (Wildman–Crippen LogP) is 3.69. The number of hydrogen-bond acceptors (Lipinski definition) is 2. The predicted molar refractivity (Wildman–Crippen MR) is 71.0 cm³/mol. The van der Waals surface area contributed by atoms with E-state index in [1.54, 1.807) is 0 Å². The molecule has 0 N–H and O–H groups in total. The van der Waals surface area contributed by atoms with Crippen molar-refractivity contribution in [1.29, 1.82) is 0 Å². The molecule has 0 aromatic heterocycles. The van der Waals surface area contributed by atoms with Gasteiger partial charge in [-0.2, -0.15) is 0 Å². The van der Waals surface area contributed by atoms with Gasteiger partial charge in [-0.05, 0) is 55.6 Å². The van der Waals surface area contributed by atoms with Gasteiger partial charge in [0.1, 0.15) is 0 Å². The molecule has 2 aliphatic rings. The van der Waals surface area contributed by atoms with Gasteiger partial charge in [0.15, 0.2) is 0 Å². The van der Waals surface area contributed by atoms with E-state index >= 15 is 0 Å². The van der Waals surface area contributed by atoms with E-state index in [2.05, 4.69) is 12.6 Å². The van der Waals surface area contributed by atoms with Crippen molar-refractivity contribution in [2.45, 2.75) is 44.4 Å². The van der Waals surface area contributed by atoms with Crippen LogP contribution in [0.3, 0.4) is 0 Å². The second kappa shape index (κ2) is 4.23. The van der Waals surface area contributed by atoms with Crippen molar-refractivity contribution in [3.05, 3.63) is 51.1 Å². The highest BCUT2D eigenvalue weighted by Gasteiger charge is 2.35. The first-order chi connectivity index (χ1) is 8.72. The fourth-order valence-corrected chi connectivity index (χ4v) is 3.58. The molecule has 3 nitrogen and oxygen atoms in total. The molecule has 94 valence electrons. The smallest absolute Gasteiger partial charge is 0.258 e. The van der Waals surface area contributed by atoms with Gasteiger partial charge < -0.3 is 0 Å². The SMILES string of the molecule is C=CCC1CCc2cc3c(c([N+](=O)[O-])c21)CCC3. The van der Waals surface area contributed by atoms with Crippen molar-refractivity contribution in [3.63, 3.8) is 0 Å². The summed E-state index contributed by atoms with van der Waals surface area (Å²) in [7, 11) is 0. The van der Waals surface area contributed by atoms with Crippen LogP contribution in [0.1, 0.15) is 47.4 Å². The summed E-state index contributed by atoms with van der Waals surface area (Å²) in [5.41, 5.74) is 4.90. The van der Waals surface area contributed by atoms with Gasteiger partial charge in [0.05, 0.1) is 4.92 Å². The average molecular weight is 243 g/mol. The van der Waals surface area contributed by atoms with E-state index in [-0.39, 0.29) is 4.92 Å².